The summed E-state index contributed by atoms with van der Waals surface area (Å²) in [6.07, 6.45) is 14.5. The van der Waals surface area contributed by atoms with Gasteiger partial charge in [-0.1, -0.05) is 112 Å². The second kappa shape index (κ2) is 16.9. The minimum absolute atomic E-state index is 0.0455. The first-order valence-corrected chi connectivity index (χ1v) is 14.6. The summed E-state index contributed by atoms with van der Waals surface area (Å²) >= 11 is 0. The molecule has 0 bridgehead atoms. The molecule has 4 heteroatoms. The molecule has 0 radical (unpaired) electrons. The van der Waals surface area contributed by atoms with Gasteiger partial charge in [-0.05, 0) is 54.6 Å². The Morgan fingerprint density at radius 1 is 0.829 bits per heavy atom. The van der Waals surface area contributed by atoms with Crippen molar-refractivity contribution in [3.63, 3.8) is 0 Å². The fraction of sp³-hybridized carbons (Fsp3) is 0.774. The average molecular weight is 490 g/mol. The van der Waals surface area contributed by atoms with E-state index in [2.05, 4.69) is 40.7 Å². The van der Waals surface area contributed by atoms with Crippen LogP contribution in [0.15, 0.2) is 6.07 Å². The molecule has 35 heavy (non-hydrogen) atoms. The van der Waals surface area contributed by atoms with Gasteiger partial charge in [0.15, 0.2) is 0 Å². The number of aliphatic carboxylic acids is 1. The van der Waals surface area contributed by atoms with E-state index in [1.165, 1.54) is 32.1 Å². The topological polar surface area (TPSA) is 83.5 Å². The Morgan fingerprint density at radius 2 is 1.34 bits per heavy atom. The second-order valence-electron chi connectivity index (χ2n) is 10.9. The number of carboxylic acids is 1. The molecule has 4 nitrogen and oxygen atoms in total. The third-order valence-electron chi connectivity index (χ3n) is 8.20. The lowest BCUT2D eigenvalue weighted by Gasteiger charge is -2.26. The largest absolute Gasteiger partial charge is 0.507 e. The molecule has 1 aromatic rings. The minimum atomic E-state index is -0.736. The summed E-state index contributed by atoms with van der Waals surface area (Å²) in [4.78, 5) is 11.9. The first-order chi connectivity index (χ1) is 16.7. The van der Waals surface area contributed by atoms with E-state index in [9.17, 15) is 15.0 Å². The Hall–Kier alpha value is -1.71. The van der Waals surface area contributed by atoms with Gasteiger partial charge >= 0.3 is 5.97 Å². The van der Waals surface area contributed by atoms with Crippen LogP contribution in [0.25, 0.3) is 0 Å². The zero-order valence-electron chi connectivity index (χ0n) is 23.7. The van der Waals surface area contributed by atoms with Gasteiger partial charge in [0.2, 0.25) is 0 Å². The van der Waals surface area contributed by atoms with E-state index < -0.39 is 11.9 Å². The molecule has 0 aliphatic carbocycles. The van der Waals surface area contributed by atoms with E-state index in [-0.39, 0.29) is 5.92 Å². The lowest BCUT2D eigenvalue weighted by molar-refractivity contribution is -0.143. The predicted molar refractivity (Wildman–Crippen MR) is 150 cm³/mol. The molecule has 4 N–H and O–H groups in total. The molecule has 0 amide bonds. The van der Waals surface area contributed by atoms with Crippen molar-refractivity contribution in [1.82, 2.24) is 0 Å². The maximum atomic E-state index is 11.9. The van der Waals surface area contributed by atoms with Crippen LogP contribution in [0.4, 0.5) is 5.69 Å². The van der Waals surface area contributed by atoms with Gasteiger partial charge in [-0.2, -0.15) is 0 Å². The number of carboxylic acid groups (broad SMARTS) is 1. The Kier molecular flexibility index (Phi) is 15.1. The highest BCUT2D eigenvalue weighted by Crippen LogP contribution is 2.39. The Labute approximate surface area is 216 Å². The summed E-state index contributed by atoms with van der Waals surface area (Å²) in [7, 11) is 0. The minimum Gasteiger partial charge on any atom is -0.507 e. The molecule has 0 fully saturated rings. The highest BCUT2D eigenvalue weighted by molar-refractivity contribution is 5.70. The van der Waals surface area contributed by atoms with E-state index in [1.807, 2.05) is 6.92 Å². The van der Waals surface area contributed by atoms with Crippen molar-refractivity contribution in [2.75, 3.05) is 5.73 Å². The first kappa shape index (κ1) is 31.3. The standard InChI is InChI=1S/C31H55NO3/c1-7-12-15-23(10-4)18-27-21-26(20-25(17-14-9-3)22(6)31(34)35)29(32)28(30(27)33)19-24(11-5)16-13-8-2/h21-25,33H,7-20,32H2,1-6H3,(H,34,35). The van der Waals surface area contributed by atoms with Gasteiger partial charge in [0.25, 0.3) is 0 Å². The van der Waals surface area contributed by atoms with Crippen molar-refractivity contribution in [3.05, 3.63) is 22.8 Å². The number of carbonyl (C=O) groups is 1. The zero-order chi connectivity index (χ0) is 26.4. The molecular weight excluding hydrogens is 434 g/mol. The Balaban J connectivity index is 3.46. The summed E-state index contributed by atoms with van der Waals surface area (Å²) in [6, 6.07) is 2.11. The number of phenols is 1. The SMILES string of the molecule is CCCCC(CC)Cc1cc(CC(CCCC)C(C)C(=O)O)c(N)c(CC(CC)CCCC)c1O. The Morgan fingerprint density at radius 3 is 1.83 bits per heavy atom. The highest BCUT2D eigenvalue weighted by atomic mass is 16.4. The molecule has 1 aromatic carbocycles. The smallest absolute Gasteiger partial charge is 0.306 e. The number of aromatic hydroxyl groups is 1. The van der Waals surface area contributed by atoms with Gasteiger partial charge in [0, 0.05) is 11.3 Å². The van der Waals surface area contributed by atoms with Crippen molar-refractivity contribution in [2.45, 2.75) is 131 Å². The Bertz CT molecular complexity index is 745. The summed E-state index contributed by atoms with van der Waals surface area (Å²) in [5.74, 6) is 0.336. The zero-order valence-corrected chi connectivity index (χ0v) is 23.7. The van der Waals surface area contributed by atoms with Gasteiger partial charge in [0.05, 0.1) is 5.92 Å². The van der Waals surface area contributed by atoms with Crippen LogP contribution in [-0.2, 0) is 24.1 Å². The van der Waals surface area contributed by atoms with Gasteiger partial charge in [-0.3, -0.25) is 4.79 Å². The molecule has 202 valence electrons. The van der Waals surface area contributed by atoms with Gasteiger partial charge in [0.1, 0.15) is 5.75 Å². The van der Waals surface area contributed by atoms with Crippen LogP contribution in [0.3, 0.4) is 0 Å². The monoisotopic (exact) mass is 489 g/mol. The number of phenolic OH excluding ortho intramolecular Hbond substituents is 1. The highest BCUT2D eigenvalue weighted by Gasteiger charge is 2.27. The van der Waals surface area contributed by atoms with Crippen LogP contribution in [0.1, 0.15) is 129 Å². The van der Waals surface area contributed by atoms with Crippen LogP contribution < -0.4 is 5.73 Å². The summed E-state index contributed by atoms with van der Waals surface area (Å²) in [6.45, 7) is 12.9. The molecule has 0 aliphatic heterocycles. The third-order valence-corrected chi connectivity index (χ3v) is 8.20. The molecule has 0 heterocycles. The number of anilines is 1. The van der Waals surface area contributed by atoms with Crippen LogP contribution >= 0.6 is 0 Å². The summed E-state index contributed by atoms with van der Waals surface area (Å²) in [5.41, 5.74) is 10.4. The van der Waals surface area contributed by atoms with E-state index in [4.69, 9.17) is 5.73 Å². The number of unbranched alkanes of at least 4 members (excludes halogenated alkanes) is 3. The maximum Gasteiger partial charge on any atom is 0.306 e. The molecule has 4 atom stereocenters. The van der Waals surface area contributed by atoms with Crippen LogP contribution in [0, 0.1) is 23.7 Å². The summed E-state index contributed by atoms with van der Waals surface area (Å²) in [5, 5.41) is 21.2. The van der Waals surface area contributed by atoms with Crippen molar-refractivity contribution < 1.29 is 15.0 Å². The average Bonchev–Trinajstić information content (AvgIpc) is 2.85. The fourth-order valence-corrected chi connectivity index (χ4v) is 5.37. The van der Waals surface area contributed by atoms with Crippen LogP contribution in [0.2, 0.25) is 0 Å². The number of rotatable bonds is 19. The number of hydrogen-bond acceptors (Lipinski definition) is 3. The normalized spacial score (nSPS) is 15.0. The van der Waals surface area contributed by atoms with Crippen LogP contribution in [0.5, 0.6) is 5.75 Å². The van der Waals surface area contributed by atoms with Crippen molar-refractivity contribution in [1.29, 1.82) is 0 Å². The van der Waals surface area contributed by atoms with E-state index in [0.717, 1.165) is 68.1 Å². The molecular formula is C31H55NO3. The quantitative estimate of drug-likeness (QED) is 0.170. The van der Waals surface area contributed by atoms with E-state index >= 15 is 0 Å². The molecule has 0 aliphatic rings. The summed E-state index contributed by atoms with van der Waals surface area (Å²) < 4.78 is 0. The lowest BCUT2D eigenvalue weighted by Crippen LogP contribution is -2.23. The molecule has 0 saturated heterocycles. The van der Waals surface area contributed by atoms with Crippen molar-refractivity contribution in [3.8, 4) is 5.75 Å². The molecule has 0 spiro atoms. The fourth-order valence-electron chi connectivity index (χ4n) is 5.37. The number of hydrogen-bond donors (Lipinski definition) is 3. The van der Waals surface area contributed by atoms with E-state index in [1.54, 1.807) is 0 Å². The van der Waals surface area contributed by atoms with Crippen molar-refractivity contribution >= 4 is 11.7 Å². The second-order valence-corrected chi connectivity index (χ2v) is 10.9. The molecule has 0 aromatic heterocycles. The molecule has 1 rings (SSSR count). The number of nitrogens with two attached hydrogens (primary N) is 1. The molecule has 4 unspecified atom stereocenters. The van der Waals surface area contributed by atoms with E-state index in [0.29, 0.717) is 29.7 Å². The van der Waals surface area contributed by atoms with Crippen molar-refractivity contribution in [2.24, 2.45) is 23.7 Å². The lowest BCUT2D eigenvalue weighted by atomic mass is 9.80. The first-order valence-electron chi connectivity index (χ1n) is 14.6. The molecule has 0 saturated carbocycles. The third kappa shape index (κ3) is 10.1. The van der Waals surface area contributed by atoms with Gasteiger partial charge < -0.3 is 15.9 Å². The number of nitrogen functional groups attached to an aromatic ring is 1. The van der Waals surface area contributed by atoms with Gasteiger partial charge in [-0.15, -0.1) is 0 Å². The van der Waals surface area contributed by atoms with Gasteiger partial charge in [-0.25, -0.2) is 0 Å². The maximum absolute atomic E-state index is 11.9. The van der Waals surface area contributed by atoms with Crippen LogP contribution in [-0.4, -0.2) is 16.2 Å². The predicted octanol–water partition coefficient (Wildman–Crippen LogP) is 8.56. The number of benzene rings is 1.